The first-order valence-electron chi connectivity index (χ1n) is 10.1. The number of hydrogen-bond donors (Lipinski definition) is 2. The van der Waals surface area contributed by atoms with Crippen LogP contribution in [0.1, 0.15) is 22.6 Å². The highest BCUT2D eigenvalue weighted by molar-refractivity contribution is 6.06. The van der Waals surface area contributed by atoms with Crippen LogP contribution in [0.15, 0.2) is 71.2 Å². The van der Waals surface area contributed by atoms with Crippen LogP contribution in [0, 0.1) is 11.3 Å². The van der Waals surface area contributed by atoms with Gasteiger partial charge in [-0.2, -0.15) is 18.4 Å². The van der Waals surface area contributed by atoms with Crippen molar-refractivity contribution in [2.45, 2.75) is 18.7 Å². The van der Waals surface area contributed by atoms with Gasteiger partial charge in [0.1, 0.15) is 11.5 Å². The molecule has 3 N–H and O–H groups in total. The Morgan fingerprint density at radius 2 is 1.71 bits per heavy atom. The Labute approximate surface area is 198 Å². The molecule has 1 heterocycles. The van der Waals surface area contributed by atoms with Gasteiger partial charge in [0.25, 0.3) is 0 Å². The molecular formula is C24H20F3N3O5. The summed E-state index contributed by atoms with van der Waals surface area (Å²) in [5.74, 6) is -3.74. The van der Waals surface area contributed by atoms with Gasteiger partial charge in [-0.3, -0.25) is 4.90 Å². The molecule has 0 spiro atoms. The Balaban J connectivity index is 2.49. The molecule has 1 aliphatic rings. The standard InChI is InChI=1S/C24H20F3N3O5/c1-34-22(32)19-18(13-7-4-3-5-8-13)14(11-28)21(29)30(20(19)23(33)35-2)17-10-6-9-16(15(17)12-31)24(25,26)27/h3-10,18,31H,12,29H2,1-2H3. The van der Waals surface area contributed by atoms with Crippen LogP contribution in [0.3, 0.4) is 0 Å². The van der Waals surface area contributed by atoms with Crippen molar-refractivity contribution in [3.63, 3.8) is 0 Å². The highest BCUT2D eigenvalue weighted by atomic mass is 19.4. The van der Waals surface area contributed by atoms with E-state index in [9.17, 15) is 33.1 Å². The third-order valence-electron chi connectivity index (χ3n) is 5.47. The number of esters is 2. The lowest BCUT2D eigenvalue weighted by Crippen LogP contribution is -2.41. The number of nitriles is 1. The van der Waals surface area contributed by atoms with Gasteiger partial charge < -0.3 is 20.3 Å². The maximum absolute atomic E-state index is 13.7. The zero-order valence-corrected chi connectivity index (χ0v) is 18.6. The maximum Gasteiger partial charge on any atom is 0.416 e. The van der Waals surface area contributed by atoms with Gasteiger partial charge in [-0.05, 0) is 17.7 Å². The fourth-order valence-corrected chi connectivity index (χ4v) is 3.98. The summed E-state index contributed by atoms with van der Waals surface area (Å²) in [4.78, 5) is 26.8. The molecule has 8 nitrogen and oxygen atoms in total. The van der Waals surface area contributed by atoms with E-state index < -0.39 is 53.3 Å². The van der Waals surface area contributed by atoms with Gasteiger partial charge in [0.2, 0.25) is 0 Å². The number of benzene rings is 2. The topological polar surface area (TPSA) is 126 Å². The average Bonchev–Trinajstić information content (AvgIpc) is 2.86. The summed E-state index contributed by atoms with van der Waals surface area (Å²) in [6.07, 6.45) is -4.85. The van der Waals surface area contributed by atoms with Gasteiger partial charge >= 0.3 is 18.1 Å². The van der Waals surface area contributed by atoms with Crippen LogP contribution in [-0.4, -0.2) is 31.3 Å². The van der Waals surface area contributed by atoms with Crippen LogP contribution in [0.5, 0.6) is 0 Å². The Morgan fingerprint density at radius 3 is 2.23 bits per heavy atom. The van der Waals surface area contributed by atoms with Crippen molar-refractivity contribution in [1.29, 1.82) is 5.26 Å². The molecule has 2 aromatic carbocycles. The van der Waals surface area contributed by atoms with E-state index in [-0.39, 0.29) is 16.8 Å². The molecule has 182 valence electrons. The first kappa shape index (κ1) is 25.3. The van der Waals surface area contributed by atoms with Crippen LogP contribution in [0.4, 0.5) is 18.9 Å². The number of aliphatic hydroxyl groups excluding tert-OH is 1. The molecule has 1 aliphatic heterocycles. The molecular weight excluding hydrogens is 467 g/mol. The average molecular weight is 487 g/mol. The summed E-state index contributed by atoms with van der Waals surface area (Å²) in [6.45, 7) is -1.08. The highest BCUT2D eigenvalue weighted by Crippen LogP contribution is 2.45. The minimum atomic E-state index is -4.85. The second-order valence-corrected chi connectivity index (χ2v) is 7.29. The number of nitrogens with zero attached hydrogens (tertiary/aromatic N) is 2. The first-order chi connectivity index (χ1) is 16.6. The highest BCUT2D eigenvalue weighted by Gasteiger charge is 2.44. The van der Waals surface area contributed by atoms with E-state index in [0.29, 0.717) is 5.56 Å². The van der Waals surface area contributed by atoms with E-state index in [1.807, 2.05) is 6.07 Å². The van der Waals surface area contributed by atoms with Gasteiger partial charge in [-0.1, -0.05) is 36.4 Å². The van der Waals surface area contributed by atoms with Crippen LogP contribution >= 0.6 is 0 Å². The first-order valence-corrected chi connectivity index (χ1v) is 10.1. The molecule has 0 aromatic heterocycles. The number of nitrogens with two attached hydrogens (primary N) is 1. The zero-order chi connectivity index (χ0) is 25.9. The number of ether oxygens (including phenoxy) is 2. The number of carbonyl (C=O) groups is 2. The molecule has 0 amide bonds. The smallest absolute Gasteiger partial charge is 0.416 e. The summed E-state index contributed by atoms with van der Waals surface area (Å²) in [7, 11) is 2.06. The van der Waals surface area contributed by atoms with Crippen LogP contribution in [-0.2, 0) is 31.8 Å². The normalized spacial score (nSPS) is 16.1. The van der Waals surface area contributed by atoms with E-state index >= 15 is 0 Å². The number of alkyl halides is 3. The van der Waals surface area contributed by atoms with Crippen molar-refractivity contribution >= 4 is 17.6 Å². The number of rotatable bonds is 5. The van der Waals surface area contributed by atoms with Crippen LogP contribution in [0.2, 0.25) is 0 Å². The molecule has 1 atom stereocenters. The van der Waals surface area contributed by atoms with Crippen molar-refractivity contribution in [2.75, 3.05) is 19.1 Å². The summed E-state index contributed by atoms with van der Waals surface area (Å²) in [5, 5.41) is 19.9. The summed E-state index contributed by atoms with van der Waals surface area (Å²) >= 11 is 0. The van der Waals surface area contributed by atoms with Gasteiger partial charge in [-0.25, -0.2) is 9.59 Å². The summed E-state index contributed by atoms with van der Waals surface area (Å²) in [6, 6.07) is 13.0. The molecule has 0 aliphatic carbocycles. The van der Waals surface area contributed by atoms with Gasteiger partial charge in [0, 0.05) is 5.56 Å². The van der Waals surface area contributed by atoms with Crippen LogP contribution < -0.4 is 10.6 Å². The third-order valence-corrected chi connectivity index (χ3v) is 5.47. The van der Waals surface area contributed by atoms with Crippen molar-refractivity contribution < 1.29 is 37.3 Å². The summed E-state index contributed by atoms with van der Waals surface area (Å²) < 4.78 is 50.8. The number of hydrogen-bond acceptors (Lipinski definition) is 8. The van der Waals surface area contributed by atoms with Crippen molar-refractivity contribution in [3.8, 4) is 6.07 Å². The molecule has 0 saturated heterocycles. The Hall–Kier alpha value is -4.30. The fourth-order valence-electron chi connectivity index (χ4n) is 3.98. The van der Waals surface area contributed by atoms with Crippen molar-refractivity contribution in [2.24, 2.45) is 5.73 Å². The van der Waals surface area contributed by atoms with Crippen molar-refractivity contribution in [3.05, 3.63) is 87.9 Å². The Bertz CT molecular complexity index is 1260. The maximum atomic E-state index is 13.7. The second-order valence-electron chi connectivity index (χ2n) is 7.29. The predicted octanol–water partition coefficient (Wildman–Crippen LogP) is 3.10. The zero-order valence-electron chi connectivity index (χ0n) is 18.6. The minimum absolute atomic E-state index is 0.217. The molecule has 0 bridgehead atoms. The second kappa shape index (κ2) is 9.90. The van der Waals surface area contributed by atoms with Crippen molar-refractivity contribution in [1.82, 2.24) is 0 Å². The number of carbonyl (C=O) groups excluding carboxylic acids is 2. The lowest BCUT2D eigenvalue weighted by Gasteiger charge is -2.37. The number of methoxy groups -OCH3 is 2. The largest absolute Gasteiger partial charge is 0.466 e. The van der Waals surface area contributed by atoms with E-state index in [0.717, 1.165) is 31.3 Å². The monoisotopic (exact) mass is 487 g/mol. The van der Waals surface area contributed by atoms with Crippen LogP contribution in [0.25, 0.3) is 0 Å². The lowest BCUT2D eigenvalue weighted by molar-refractivity contribution is -0.139. The number of anilines is 1. The lowest BCUT2D eigenvalue weighted by atomic mass is 9.80. The molecule has 0 fully saturated rings. The van der Waals surface area contributed by atoms with E-state index in [4.69, 9.17) is 15.2 Å². The minimum Gasteiger partial charge on any atom is -0.466 e. The number of aliphatic hydroxyl groups is 1. The predicted molar refractivity (Wildman–Crippen MR) is 117 cm³/mol. The van der Waals surface area contributed by atoms with E-state index in [2.05, 4.69) is 0 Å². The fraction of sp³-hybridized carbons (Fsp3) is 0.208. The SMILES string of the molecule is COC(=O)C1=C(C(=O)OC)N(c2cccc(C(F)(F)F)c2CO)C(N)=C(C#N)C1c1ccccc1. The third kappa shape index (κ3) is 4.43. The van der Waals surface area contributed by atoms with Gasteiger partial charge in [0.15, 0.2) is 0 Å². The number of allylic oxidation sites excluding steroid dienone is 1. The summed E-state index contributed by atoms with van der Waals surface area (Å²) in [5.41, 5.74) is 3.40. The molecule has 0 saturated carbocycles. The molecule has 35 heavy (non-hydrogen) atoms. The molecule has 1 unspecified atom stereocenters. The molecule has 2 aromatic rings. The molecule has 0 radical (unpaired) electrons. The van der Waals surface area contributed by atoms with Gasteiger partial charge in [-0.15, -0.1) is 0 Å². The Morgan fingerprint density at radius 1 is 1.09 bits per heavy atom. The molecule has 11 heteroatoms. The van der Waals surface area contributed by atoms with E-state index in [1.165, 1.54) is 6.07 Å². The quantitative estimate of drug-likeness (QED) is 0.617. The number of halogens is 3. The van der Waals surface area contributed by atoms with Gasteiger partial charge in [0.05, 0.1) is 55.2 Å². The van der Waals surface area contributed by atoms with E-state index in [1.54, 1.807) is 30.3 Å². The molecule has 3 rings (SSSR count). The Kier molecular flexibility index (Phi) is 7.17.